The third-order valence-corrected chi connectivity index (χ3v) is 7.05. The molecule has 2 aromatic rings. The van der Waals surface area contributed by atoms with Gasteiger partial charge in [0.2, 0.25) is 0 Å². The van der Waals surface area contributed by atoms with Crippen molar-refractivity contribution in [2.45, 2.75) is 65.9 Å². The summed E-state index contributed by atoms with van der Waals surface area (Å²) in [6.45, 7) is 14.0. The fraction of sp³-hybridized carbons (Fsp3) is 0.500. The molecule has 0 saturated heterocycles. The molecule has 2 aliphatic rings. The predicted octanol–water partition coefficient (Wildman–Crippen LogP) is 6.91. The molecular formula is C24H30O. The summed E-state index contributed by atoms with van der Waals surface area (Å²) in [5.41, 5.74) is 5.73. The summed E-state index contributed by atoms with van der Waals surface area (Å²) in [7, 11) is 0. The van der Waals surface area contributed by atoms with E-state index in [0.29, 0.717) is 16.7 Å². The van der Waals surface area contributed by atoms with Crippen molar-refractivity contribution >= 4 is 0 Å². The maximum atomic E-state index is 6.45. The second-order valence-electron chi connectivity index (χ2n) is 9.79. The third kappa shape index (κ3) is 2.51. The van der Waals surface area contributed by atoms with Crippen LogP contribution < -0.4 is 4.74 Å². The van der Waals surface area contributed by atoms with Crippen LogP contribution in [0.1, 0.15) is 71.4 Å². The van der Waals surface area contributed by atoms with E-state index in [2.05, 4.69) is 84.0 Å². The molecule has 1 heteroatoms. The molecule has 0 unspecified atom stereocenters. The summed E-state index contributed by atoms with van der Waals surface area (Å²) in [4.78, 5) is 0. The Morgan fingerprint density at radius 2 is 1.44 bits per heavy atom. The average molecular weight is 335 g/mol. The van der Waals surface area contributed by atoms with Gasteiger partial charge >= 0.3 is 0 Å². The first-order chi connectivity index (χ1) is 11.6. The van der Waals surface area contributed by atoms with Crippen LogP contribution in [0, 0.1) is 10.8 Å². The van der Waals surface area contributed by atoms with Crippen molar-refractivity contribution in [3.8, 4) is 16.9 Å². The molecule has 0 amide bonds. The molecule has 0 N–H and O–H groups in total. The highest BCUT2D eigenvalue weighted by atomic mass is 16.5. The number of benzene rings is 2. The van der Waals surface area contributed by atoms with Gasteiger partial charge in [0.1, 0.15) is 11.4 Å². The largest absolute Gasteiger partial charge is 0.482 e. The lowest BCUT2D eigenvalue weighted by Gasteiger charge is -2.35. The van der Waals surface area contributed by atoms with Crippen molar-refractivity contribution < 1.29 is 4.74 Å². The molecule has 0 atom stereocenters. The van der Waals surface area contributed by atoms with Crippen LogP contribution in [0.5, 0.6) is 5.75 Å². The van der Waals surface area contributed by atoms with Gasteiger partial charge in [0, 0.05) is 11.1 Å². The van der Waals surface area contributed by atoms with Gasteiger partial charge in [-0.15, -0.1) is 0 Å². The van der Waals surface area contributed by atoms with Crippen LogP contribution in [-0.4, -0.2) is 0 Å². The fourth-order valence-corrected chi connectivity index (χ4v) is 4.77. The summed E-state index contributed by atoms with van der Waals surface area (Å²) in [6.07, 6.45) is 2.50. The Kier molecular flexibility index (Phi) is 3.42. The molecule has 0 radical (unpaired) electrons. The van der Waals surface area contributed by atoms with E-state index in [9.17, 15) is 0 Å². The Morgan fingerprint density at radius 3 is 2.12 bits per heavy atom. The molecule has 0 aromatic heterocycles. The minimum atomic E-state index is -0.281. The molecule has 1 heterocycles. The number of fused-ring (bicyclic) bond motifs is 3. The fourth-order valence-electron chi connectivity index (χ4n) is 4.77. The minimum absolute atomic E-state index is 0.281. The van der Waals surface area contributed by atoms with Crippen LogP contribution in [0.15, 0.2) is 42.5 Å². The van der Waals surface area contributed by atoms with Gasteiger partial charge < -0.3 is 4.74 Å². The smallest absolute Gasteiger partial charge is 0.129 e. The highest BCUT2D eigenvalue weighted by Gasteiger charge is 2.46. The summed E-state index contributed by atoms with van der Waals surface area (Å²) >= 11 is 0. The number of rotatable bonds is 1. The highest BCUT2D eigenvalue weighted by Crippen LogP contribution is 2.58. The van der Waals surface area contributed by atoms with Crippen LogP contribution in [0.3, 0.4) is 0 Å². The van der Waals surface area contributed by atoms with Gasteiger partial charge in [0.05, 0.1) is 0 Å². The van der Waals surface area contributed by atoms with Crippen molar-refractivity contribution in [2.75, 3.05) is 0 Å². The number of ether oxygens (including phenoxy) is 1. The zero-order chi connectivity index (χ0) is 18.0. The Morgan fingerprint density at radius 1 is 0.800 bits per heavy atom. The molecule has 1 fully saturated rings. The maximum absolute atomic E-state index is 6.45. The SMILES string of the molecule is CC1(C)Oc2cc(C3CC(C)(C)C(C)(C)C3)ccc2-c2ccccc21. The van der Waals surface area contributed by atoms with Crippen LogP contribution >= 0.6 is 0 Å². The topological polar surface area (TPSA) is 9.23 Å². The first-order valence-electron chi connectivity index (χ1n) is 9.54. The molecule has 0 bridgehead atoms. The summed E-state index contributed by atoms with van der Waals surface area (Å²) in [5, 5.41) is 0. The van der Waals surface area contributed by atoms with Gasteiger partial charge in [-0.25, -0.2) is 0 Å². The van der Waals surface area contributed by atoms with Crippen molar-refractivity contribution in [3.05, 3.63) is 53.6 Å². The van der Waals surface area contributed by atoms with Gasteiger partial charge in [0.25, 0.3) is 0 Å². The zero-order valence-corrected chi connectivity index (χ0v) is 16.4. The number of hydrogen-bond donors (Lipinski definition) is 0. The Hall–Kier alpha value is -1.76. The van der Waals surface area contributed by atoms with Gasteiger partial charge in [-0.2, -0.15) is 0 Å². The lowest BCUT2D eigenvalue weighted by molar-refractivity contribution is 0.105. The zero-order valence-electron chi connectivity index (χ0n) is 16.4. The van der Waals surface area contributed by atoms with E-state index < -0.39 is 0 Å². The molecule has 4 rings (SSSR count). The first-order valence-corrected chi connectivity index (χ1v) is 9.54. The Bertz CT molecular complexity index is 810. The van der Waals surface area contributed by atoms with Gasteiger partial charge in [-0.3, -0.25) is 0 Å². The number of hydrogen-bond acceptors (Lipinski definition) is 1. The van der Waals surface area contributed by atoms with Crippen LogP contribution in [-0.2, 0) is 5.60 Å². The van der Waals surface area contributed by atoms with Crippen molar-refractivity contribution in [1.29, 1.82) is 0 Å². The molecule has 2 aromatic carbocycles. The molecule has 25 heavy (non-hydrogen) atoms. The van der Waals surface area contributed by atoms with E-state index in [-0.39, 0.29) is 5.60 Å². The van der Waals surface area contributed by atoms with Crippen molar-refractivity contribution in [3.63, 3.8) is 0 Å². The second-order valence-corrected chi connectivity index (χ2v) is 9.79. The lowest BCUT2D eigenvalue weighted by atomic mass is 9.71. The van der Waals surface area contributed by atoms with E-state index in [0.717, 1.165) is 5.75 Å². The van der Waals surface area contributed by atoms with Gasteiger partial charge in [0.15, 0.2) is 0 Å². The van der Waals surface area contributed by atoms with E-state index in [1.165, 1.54) is 35.1 Å². The van der Waals surface area contributed by atoms with Crippen LogP contribution in [0.4, 0.5) is 0 Å². The minimum Gasteiger partial charge on any atom is -0.482 e. The second kappa shape index (κ2) is 5.13. The first kappa shape index (κ1) is 16.7. The maximum Gasteiger partial charge on any atom is 0.129 e. The van der Waals surface area contributed by atoms with Crippen LogP contribution in [0.2, 0.25) is 0 Å². The van der Waals surface area contributed by atoms with E-state index in [1.807, 2.05) is 0 Å². The molecule has 1 aliphatic carbocycles. The van der Waals surface area contributed by atoms with E-state index in [4.69, 9.17) is 4.74 Å². The molecule has 1 saturated carbocycles. The van der Waals surface area contributed by atoms with E-state index >= 15 is 0 Å². The Labute approximate surface area is 152 Å². The normalized spacial score (nSPS) is 22.8. The van der Waals surface area contributed by atoms with Crippen molar-refractivity contribution in [2.24, 2.45) is 10.8 Å². The third-order valence-electron chi connectivity index (χ3n) is 7.05. The van der Waals surface area contributed by atoms with Gasteiger partial charge in [-0.05, 0) is 60.6 Å². The summed E-state index contributed by atoms with van der Waals surface area (Å²) in [6, 6.07) is 15.6. The molecule has 1 aliphatic heterocycles. The molecule has 0 spiro atoms. The summed E-state index contributed by atoms with van der Waals surface area (Å²) < 4.78 is 6.45. The van der Waals surface area contributed by atoms with E-state index in [1.54, 1.807) is 0 Å². The van der Waals surface area contributed by atoms with Crippen LogP contribution in [0.25, 0.3) is 11.1 Å². The molecular weight excluding hydrogens is 304 g/mol. The quantitative estimate of drug-likeness (QED) is 0.550. The molecule has 1 nitrogen and oxygen atoms in total. The van der Waals surface area contributed by atoms with Gasteiger partial charge in [-0.1, -0.05) is 64.1 Å². The predicted molar refractivity (Wildman–Crippen MR) is 105 cm³/mol. The Balaban J connectivity index is 1.76. The monoisotopic (exact) mass is 334 g/mol. The standard InChI is InChI=1S/C24H30O/c1-22(2)14-17(15-23(22,3)4)16-11-12-19-18-9-7-8-10-20(18)24(5,6)25-21(19)13-16/h7-13,17H,14-15H2,1-6H3. The lowest BCUT2D eigenvalue weighted by Crippen LogP contribution is -2.29. The average Bonchev–Trinajstić information content (AvgIpc) is 2.75. The molecule has 132 valence electrons. The van der Waals surface area contributed by atoms with Crippen molar-refractivity contribution in [1.82, 2.24) is 0 Å². The summed E-state index contributed by atoms with van der Waals surface area (Å²) in [5.74, 6) is 1.67. The highest BCUT2D eigenvalue weighted by molar-refractivity contribution is 5.77.